The van der Waals surface area contributed by atoms with Gasteiger partial charge in [-0.3, -0.25) is 4.79 Å². The number of rotatable bonds is 6. The van der Waals surface area contributed by atoms with E-state index < -0.39 is 10.0 Å². The number of hydrogen-bond donors (Lipinski definition) is 2. The fraction of sp³-hybridized carbons (Fsp3) is 0.588. The first-order chi connectivity index (χ1) is 11.4. The molecule has 1 aromatic carbocycles. The Kier molecular flexibility index (Phi) is 4.91. The summed E-state index contributed by atoms with van der Waals surface area (Å²) < 4.78 is 26.3. The molecule has 3 unspecified atom stereocenters. The zero-order chi connectivity index (χ0) is 17.5. The highest BCUT2D eigenvalue weighted by Gasteiger charge is 2.60. The molecule has 2 fully saturated rings. The first-order valence-electron chi connectivity index (χ1n) is 8.36. The van der Waals surface area contributed by atoms with Gasteiger partial charge in [-0.2, -0.15) is 0 Å². The van der Waals surface area contributed by atoms with Gasteiger partial charge in [0.2, 0.25) is 10.0 Å². The van der Waals surface area contributed by atoms with E-state index in [0.29, 0.717) is 41.2 Å². The average Bonchev–Trinajstić information content (AvgIpc) is 3.04. The molecule has 2 aliphatic carbocycles. The molecule has 0 saturated heterocycles. The van der Waals surface area contributed by atoms with Crippen molar-refractivity contribution in [2.24, 2.45) is 17.8 Å². The minimum Gasteiger partial charge on any atom is -0.349 e. The number of carbonyl (C=O) groups excluding carboxylic acids is 1. The van der Waals surface area contributed by atoms with Crippen molar-refractivity contribution >= 4 is 27.5 Å². The quantitative estimate of drug-likeness (QED) is 0.807. The van der Waals surface area contributed by atoms with E-state index in [4.69, 9.17) is 11.6 Å². The van der Waals surface area contributed by atoms with Crippen LogP contribution in [0.4, 0.5) is 0 Å². The molecule has 0 bridgehead atoms. The smallest absolute Gasteiger partial charge is 0.251 e. The summed E-state index contributed by atoms with van der Waals surface area (Å²) >= 11 is 5.85. The number of carbonyl (C=O) groups is 1. The molecule has 0 aromatic heterocycles. The Balaban J connectivity index is 1.60. The van der Waals surface area contributed by atoms with Gasteiger partial charge in [-0.05, 0) is 68.3 Å². The van der Waals surface area contributed by atoms with Crippen molar-refractivity contribution in [1.82, 2.24) is 10.0 Å². The van der Waals surface area contributed by atoms with E-state index in [1.165, 1.54) is 7.05 Å². The summed E-state index contributed by atoms with van der Waals surface area (Å²) in [5.41, 5.74) is 0.597. The third-order valence-corrected chi connectivity index (χ3v) is 7.60. The minimum absolute atomic E-state index is 0.0945. The van der Waals surface area contributed by atoms with E-state index in [1.807, 2.05) is 0 Å². The van der Waals surface area contributed by atoms with Crippen molar-refractivity contribution in [2.75, 3.05) is 7.05 Å². The molecule has 0 radical (unpaired) electrons. The number of nitrogens with one attached hydrogen (secondary N) is 2. The van der Waals surface area contributed by atoms with Crippen molar-refractivity contribution in [3.63, 3.8) is 0 Å². The maximum Gasteiger partial charge on any atom is 0.251 e. The topological polar surface area (TPSA) is 75.3 Å². The summed E-state index contributed by atoms with van der Waals surface area (Å²) in [7, 11) is -1.71. The molecular weight excluding hydrogens is 348 g/mol. The van der Waals surface area contributed by atoms with Crippen LogP contribution in [-0.2, 0) is 10.0 Å². The van der Waals surface area contributed by atoms with Crippen molar-refractivity contribution < 1.29 is 13.2 Å². The number of fused-ring (bicyclic) bond motifs is 1. The molecule has 24 heavy (non-hydrogen) atoms. The van der Waals surface area contributed by atoms with Gasteiger partial charge in [0.05, 0.1) is 5.25 Å². The zero-order valence-corrected chi connectivity index (χ0v) is 15.4. The lowest BCUT2D eigenvalue weighted by Gasteiger charge is -2.21. The molecule has 3 atom stereocenters. The molecule has 7 heteroatoms. The maximum absolute atomic E-state index is 12.4. The van der Waals surface area contributed by atoms with Gasteiger partial charge in [0.1, 0.15) is 0 Å². The van der Waals surface area contributed by atoms with Gasteiger partial charge in [-0.25, -0.2) is 13.1 Å². The van der Waals surface area contributed by atoms with Crippen LogP contribution in [0.15, 0.2) is 24.3 Å². The third kappa shape index (κ3) is 3.32. The lowest BCUT2D eigenvalue weighted by molar-refractivity contribution is 0.0927. The minimum atomic E-state index is -3.18. The number of amides is 1. The molecule has 132 valence electrons. The molecule has 0 heterocycles. The first kappa shape index (κ1) is 17.7. The summed E-state index contributed by atoms with van der Waals surface area (Å²) in [6, 6.07) is 6.94. The first-order valence-corrected chi connectivity index (χ1v) is 10.3. The van der Waals surface area contributed by atoms with E-state index in [2.05, 4.69) is 17.0 Å². The molecule has 0 aliphatic heterocycles. The summed E-state index contributed by atoms with van der Waals surface area (Å²) in [6.45, 7) is 2.06. The normalized spacial score (nSPS) is 29.8. The van der Waals surface area contributed by atoms with Crippen molar-refractivity contribution in [3.05, 3.63) is 34.9 Å². The van der Waals surface area contributed by atoms with Crippen molar-refractivity contribution in [2.45, 2.75) is 37.5 Å². The van der Waals surface area contributed by atoms with Gasteiger partial charge in [0.15, 0.2) is 0 Å². The summed E-state index contributed by atoms with van der Waals surface area (Å²) in [4.78, 5) is 12.4. The van der Waals surface area contributed by atoms with Crippen LogP contribution in [-0.4, -0.2) is 32.7 Å². The number of benzene rings is 1. The molecule has 2 N–H and O–H groups in total. The molecular formula is C17H23ClN2O3S. The fourth-order valence-corrected chi connectivity index (χ4v) is 5.59. The molecule has 3 rings (SSSR count). The van der Waals surface area contributed by atoms with Crippen LogP contribution >= 0.6 is 11.6 Å². The van der Waals surface area contributed by atoms with Crippen LogP contribution < -0.4 is 10.0 Å². The van der Waals surface area contributed by atoms with E-state index in [-0.39, 0.29) is 17.2 Å². The highest BCUT2D eigenvalue weighted by molar-refractivity contribution is 7.90. The van der Waals surface area contributed by atoms with Gasteiger partial charge < -0.3 is 5.32 Å². The largest absolute Gasteiger partial charge is 0.349 e. The number of hydrogen-bond acceptors (Lipinski definition) is 3. The molecule has 2 saturated carbocycles. The number of halogens is 1. The predicted octanol–water partition coefficient (Wildman–Crippen LogP) is 2.42. The second kappa shape index (κ2) is 6.65. The van der Waals surface area contributed by atoms with Crippen LogP contribution in [0.25, 0.3) is 0 Å². The molecule has 5 nitrogen and oxygen atoms in total. The lowest BCUT2D eigenvalue weighted by Crippen LogP contribution is -2.38. The van der Waals surface area contributed by atoms with Gasteiger partial charge in [-0.15, -0.1) is 0 Å². The highest BCUT2D eigenvalue weighted by Crippen LogP contribution is 2.60. The van der Waals surface area contributed by atoms with E-state index in [1.54, 1.807) is 24.3 Å². The maximum atomic E-state index is 12.4. The van der Waals surface area contributed by atoms with Crippen LogP contribution in [0.5, 0.6) is 0 Å². The summed E-state index contributed by atoms with van der Waals surface area (Å²) in [5.74, 6) is 1.12. The second-order valence-corrected chi connectivity index (χ2v) is 9.34. The second-order valence-electron chi connectivity index (χ2n) is 6.74. The van der Waals surface area contributed by atoms with Crippen molar-refractivity contribution in [3.8, 4) is 0 Å². The monoisotopic (exact) mass is 370 g/mol. The van der Waals surface area contributed by atoms with Gasteiger partial charge in [-0.1, -0.05) is 18.5 Å². The van der Waals surface area contributed by atoms with Crippen LogP contribution in [0.2, 0.25) is 5.02 Å². The Morgan fingerprint density at radius 2 is 1.83 bits per heavy atom. The molecule has 0 spiro atoms. The SMILES string of the molecule is CCC(NC(=O)c1ccc(Cl)cc1)C1C2CC(S(=O)(=O)NC)CC21. The van der Waals surface area contributed by atoms with Gasteiger partial charge in [0.25, 0.3) is 5.91 Å². The number of sulfonamides is 1. The standard InChI is InChI=1S/C17H23ClN2O3S/c1-3-15(20-17(21)10-4-6-11(18)7-5-10)16-13-8-12(9-14(13)16)24(22,23)19-2/h4-7,12-16,19H,3,8-9H2,1-2H3,(H,20,21). The third-order valence-electron chi connectivity index (χ3n) is 5.52. The van der Waals surface area contributed by atoms with Gasteiger partial charge in [0, 0.05) is 16.6 Å². The average molecular weight is 371 g/mol. The van der Waals surface area contributed by atoms with Crippen LogP contribution in [0.3, 0.4) is 0 Å². The lowest BCUT2D eigenvalue weighted by atomic mass is 10.0. The highest BCUT2D eigenvalue weighted by atomic mass is 35.5. The predicted molar refractivity (Wildman–Crippen MR) is 94.5 cm³/mol. The molecule has 1 amide bonds. The molecule has 1 aromatic rings. The van der Waals surface area contributed by atoms with Gasteiger partial charge >= 0.3 is 0 Å². The fourth-order valence-electron chi connectivity index (χ4n) is 4.18. The Labute approximate surface area is 148 Å². The van der Waals surface area contributed by atoms with E-state index in [0.717, 1.165) is 6.42 Å². The van der Waals surface area contributed by atoms with E-state index >= 15 is 0 Å². The Hall–Kier alpha value is -1.11. The summed E-state index contributed by atoms with van der Waals surface area (Å²) in [5, 5.41) is 3.44. The Morgan fingerprint density at radius 3 is 2.33 bits per heavy atom. The van der Waals surface area contributed by atoms with Crippen LogP contribution in [0.1, 0.15) is 36.5 Å². The Morgan fingerprint density at radius 1 is 1.25 bits per heavy atom. The van der Waals surface area contributed by atoms with E-state index in [9.17, 15) is 13.2 Å². The zero-order valence-electron chi connectivity index (χ0n) is 13.8. The Bertz CT molecular complexity index is 708. The van der Waals surface area contributed by atoms with Crippen molar-refractivity contribution in [1.29, 1.82) is 0 Å². The summed E-state index contributed by atoms with van der Waals surface area (Å²) in [6.07, 6.45) is 2.25. The molecule has 2 aliphatic rings. The van der Waals surface area contributed by atoms with Crippen LogP contribution in [0, 0.1) is 17.8 Å².